The normalized spacial score (nSPS) is 18.3. The van der Waals surface area contributed by atoms with Crippen LogP contribution in [0.15, 0.2) is 29.2 Å². The molecular weight excluding hydrogens is 288 g/mol. The van der Waals surface area contributed by atoms with Crippen molar-refractivity contribution in [2.45, 2.75) is 49.6 Å². The fourth-order valence-corrected chi connectivity index (χ4v) is 3.31. The molecule has 0 aromatic heterocycles. The molecule has 1 N–H and O–H groups in total. The Morgan fingerprint density at radius 2 is 1.76 bits per heavy atom. The molecule has 0 aliphatic heterocycles. The third-order valence-electron chi connectivity index (χ3n) is 3.87. The second-order valence-electron chi connectivity index (χ2n) is 5.72. The molecule has 118 valence electrons. The summed E-state index contributed by atoms with van der Waals surface area (Å²) in [6.07, 6.45) is 5.00. The van der Waals surface area contributed by atoms with E-state index in [2.05, 4.69) is 5.48 Å². The molecule has 21 heavy (non-hydrogen) atoms. The maximum absolute atomic E-state index is 12.0. The largest absolute Gasteiger partial charge is 0.298 e. The van der Waals surface area contributed by atoms with Crippen LogP contribution >= 0.6 is 0 Å². The molecule has 1 unspecified atom stereocenters. The standard InChI is InChI=1S/C15H24N2O3S/c1-12(16-20-14-6-4-5-7-14)13-8-10-15(11-9-13)21(18,19)17(2)3/h8-12,14,16H,4-7H2,1-3H3. The Labute approximate surface area is 127 Å². The van der Waals surface area contributed by atoms with Gasteiger partial charge in [0.15, 0.2) is 0 Å². The second-order valence-corrected chi connectivity index (χ2v) is 7.87. The van der Waals surface area contributed by atoms with Gasteiger partial charge in [0.25, 0.3) is 0 Å². The topological polar surface area (TPSA) is 58.6 Å². The fraction of sp³-hybridized carbons (Fsp3) is 0.600. The zero-order valence-corrected chi connectivity index (χ0v) is 13.7. The van der Waals surface area contributed by atoms with E-state index in [0.29, 0.717) is 11.0 Å². The SMILES string of the molecule is CC(NOC1CCCC1)c1ccc(S(=O)(=O)N(C)C)cc1. The van der Waals surface area contributed by atoms with Crippen LogP contribution in [0.2, 0.25) is 0 Å². The number of nitrogens with one attached hydrogen (secondary N) is 1. The van der Waals surface area contributed by atoms with Crippen LogP contribution in [0.4, 0.5) is 0 Å². The lowest BCUT2D eigenvalue weighted by atomic mass is 10.1. The van der Waals surface area contributed by atoms with Crippen molar-refractivity contribution in [2.24, 2.45) is 0 Å². The number of sulfonamides is 1. The first-order chi connectivity index (χ1) is 9.91. The summed E-state index contributed by atoms with van der Waals surface area (Å²) < 4.78 is 25.2. The summed E-state index contributed by atoms with van der Waals surface area (Å²) in [5.74, 6) is 0. The van der Waals surface area contributed by atoms with Crippen LogP contribution in [0.1, 0.15) is 44.2 Å². The van der Waals surface area contributed by atoms with Gasteiger partial charge in [0.2, 0.25) is 10.0 Å². The molecule has 0 saturated heterocycles. The lowest BCUT2D eigenvalue weighted by Gasteiger charge is -2.18. The van der Waals surface area contributed by atoms with Crippen LogP contribution in [-0.2, 0) is 14.9 Å². The Balaban J connectivity index is 1.97. The van der Waals surface area contributed by atoms with E-state index in [1.807, 2.05) is 19.1 Å². The number of rotatable bonds is 6. The van der Waals surface area contributed by atoms with E-state index >= 15 is 0 Å². The van der Waals surface area contributed by atoms with Gasteiger partial charge in [-0.25, -0.2) is 12.7 Å². The van der Waals surface area contributed by atoms with Gasteiger partial charge in [0.1, 0.15) is 0 Å². The third kappa shape index (κ3) is 4.03. The highest BCUT2D eigenvalue weighted by molar-refractivity contribution is 7.89. The van der Waals surface area contributed by atoms with Crippen LogP contribution in [0, 0.1) is 0 Å². The van der Waals surface area contributed by atoms with Crippen molar-refractivity contribution in [3.8, 4) is 0 Å². The predicted molar refractivity (Wildman–Crippen MR) is 82.2 cm³/mol. The molecule has 1 atom stereocenters. The van der Waals surface area contributed by atoms with Crippen molar-refractivity contribution in [3.63, 3.8) is 0 Å². The average molecular weight is 312 g/mol. The Morgan fingerprint density at radius 3 is 2.29 bits per heavy atom. The van der Waals surface area contributed by atoms with Gasteiger partial charge in [-0.05, 0) is 37.5 Å². The molecule has 1 aliphatic rings. The quantitative estimate of drug-likeness (QED) is 0.820. The highest BCUT2D eigenvalue weighted by atomic mass is 32.2. The Kier molecular flexibility index (Phi) is 5.37. The monoisotopic (exact) mass is 312 g/mol. The molecule has 6 heteroatoms. The highest BCUT2D eigenvalue weighted by Gasteiger charge is 2.19. The highest BCUT2D eigenvalue weighted by Crippen LogP contribution is 2.22. The van der Waals surface area contributed by atoms with Crippen molar-refractivity contribution < 1.29 is 13.3 Å². The molecule has 0 heterocycles. The Morgan fingerprint density at radius 1 is 1.19 bits per heavy atom. The summed E-state index contributed by atoms with van der Waals surface area (Å²) in [5, 5.41) is 0. The minimum absolute atomic E-state index is 0.0294. The first kappa shape index (κ1) is 16.4. The van der Waals surface area contributed by atoms with Crippen LogP contribution in [0.5, 0.6) is 0 Å². The van der Waals surface area contributed by atoms with E-state index in [1.165, 1.54) is 31.2 Å². The van der Waals surface area contributed by atoms with E-state index < -0.39 is 10.0 Å². The summed E-state index contributed by atoms with van der Waals surface area (Å²) in [6.45, 7) is 2.00. The Hall–Kier alpha value is -0.950. The molecular formula is C15H24N2O3S. The molecule has 0 bridgehead atoms. The van der Waals surface area contributed by atoms with Gasteiger partial charge in [-0.15, -0.1) is 0 Å². The van der Waals surface area contributed by atoms with E-state index in [9.17, 15) is 8.42 Å². The van der Waals surface area contributed by atoms with Gasteiger partial charge in [0, 0.05) is 14.1 Å². The molecule has 1 saturated carbocycles. The number of benzene rings is 1. The number of hydrogen-bond acceptors (Lipinski definition) is 4. The molecule has 5 nitrogen and oxygen atoms in total. The van der Waals surface area contributed by atoms with Crippen molar-refractivity contribution in [3.05, 3.63) is 29.8 Å². The van der Waals surface area contributed by atoms with Crippen LogP contribution in [0.25, 0.3) is 0 Å². The van der Waals surface area contributed by atoms with Gasteiger partial charge in [-0.3, -0.25) is 4.84 Å². The molecule has 2 rings (SSSR count). The lowest BCUT2D eigenvalue weighted by molar-refractivity contribution is -0.0376. The van der Waals surface area contributed by atoms with Gasteiger partial charge in [0.05, 0.1) is 17.0 Å². The predicted octanol–water partition coefficient (Wildman–Crippen LogP) is 2.46. The smallest absolute Gasteiger partial charge is 0.242 e. The van der Waals surface area contributed by atoms with Crippen LogP contribution in [0.3, 0.4) is 0 Å². The van der Waals surface area contributed by atoms with E-state index in [-0.39, 0.29) is 6.04 Å². The molecule has 1 aromatic rings. The van der Waals surface area contributed by atoms with Crippen molar-refractivity contribution in [1.82, 2.24) is 9.79 Å². The molecule has 0 radical (unpaired) electrons. The molecule has 0 amide bonds. The zero-order valence-electron chi connectivity index (χ0n) is 12.9. The second kappa shape index (κ2) is 6.87. The number of hydrogen-bond donors (Lipinski definition) is 1. The first-order valence-electron chi connectivity index (χ1n) is 7.35. The minimum atomic E-state index is -3.36. The summed E-state index contributed by atoms with van der Waals surface area (Å²) >= 11 is 0. The number of hydroxylamine groups is 1. The third-order valence-corrected chi connectivity index (χ3v) is 5.70. The maximum Gasteiger partial charge on any atom is 0.242 e. The van der Waals surface area contributed by atoms with Gasteiger partial charge in [-0.1, -0.05) is 25.0 Å². The van der Waals surface area contributed by atoms with Crippen molar-refractivity contribution in [2.75, 3.05) is 14.1 Å². The molecule has 1 aromatic carbocycles. The summed E-state index contributed by atoms with van der Waals surface area (Å²) in [7, 11) is -0.302. The molecule has 1 fully saturated rings. The molecule has 1 aliphatic carbocycles. The fourth-order valence-electron chi connectivity index (χ4n) is 2.41. The van der Waals surface area contributed by atoms with Gasteiger partial charge in [-0.2, -0.15) is 5.48 Å². The Bertz CT molecular complexity index is 549. The van der Waals surface area contributed by atoms with Gasteiger partial charge >= 0.3 is 0 Å². The average Bonchev–Trinajstić information content (AvgIpc) is 2.98. The number of nitrogens with zero attached hydrogens (tertiary/aromatic N) is 1. The van der Waals surface area contributed by atoms with E-state index in [4.69, 9.17) is 4.84 Å². The maximum atomic E-state index is 12.0. The lowest BCUT2D eigenvalue weighted by Crippen LogP contribution is -2.25. The first-order valence-corrected chi connectivity index (χ1v) is 8.79. The van der Waals surface area contributed by atoms with Crippen molar-refractivity contribution in [1.29, 1.82) is 0 Å². The summed E-state index contributed by atoms with van der Waals surface area (Å²) in [4.78, 5) is 5.98. The summed E-state index contributed by atoms with van der Waals surface area (Å²) in [5.41, 5.74) is 4.07. The zero-order chi connectivity index (χ0) is 15.5. The van der Waals surface area contributed by atoms with Crippen LogP contribution < -0.4 is 5.48 Å². The van der Waals surface area contributed by atoms with Crippen LogP contribution in [-0.4, -0.2) is 32.9 Å². The molecule has 0 spiro atoms. The van der Waals surface area contributed by atoms with Gasteiger partial charge < -0.3 is 0 Å². The summed E-state index contributed by atoms with van der Waals surface area (Å²) in [6, 6.07) is 6.95. The van der Waals surface area contributed by atoms with Crippen molar-refractivity contribution >= 4 is 10.0 Å². The van der Waals surface area contributed by atoms with E-state index in [1.54, 1.807) is 12.1 Å². The minimum Gasteiger partial charge on any atom is -0.298 e. The van der Waals surface area contributed by atoms with E-state index in [0.717, 1.165) is 18.4 Å².